The number of hydrogen-bond acceptors (Lipinski definition) is 4. The number of hydrogen-bond donors (Lipinski definition) is 1. The van der Waals surface area contributed by atoms with Gasteiger partial charge < -0.3 is 9.73 Å². The van der Waals surface area contributed by atoms with E-state index in [0.717, 1.165) is 11.6 Å². The van der Waals surface area contributed by atoms with Crippen LogP contribution in [0.15, 0.2) is 53.3 Å². The first-order valence-electron chi connectivity index (χ1n) is 7.74. The van der Waals surface area contributed by atoms with Crippen LogP contribution in [0.25, 0.3) is 11.5 Å². The third kappa shape index (κ3) is 3.13. The lowest BCUT2D eigenvalue weighted by atomic mass is 10.1. The van der Waals surface area contributed by atoms with Crippen molar-refractivity contribution in [3.63, 3.8) is 0 Å². The first-order valence-corrected chi connectivity index (χ1v) is 7.74. The molecule has 7 heteroatoms. The van der Waals surface area contributed by atoms with Crippen molar-refractivity contribution < 1.29 is 18.0 Å². The summed E-state index contributed by atoms with van der Waals surface area (Å²) in [6, 6.07) is 10.4. The number of nitrogens with one attached hydrogen (secondary N) is 1. The van der Waals surface area contributed by atoms with Gasteiger partial charge in [0.1, 0.15) is 11.6 Å². The molecule has 5 nitrogen and oxygen atoms in total. The van der Waals surface area contributed by atoms with Crippen LogP contribution in [0.2, 0.25) is 0 Å². The quantitative estimate of drug-likeness (QED) is 0.785. The number of nitrogens with zero attached hydrogens (tertiary/aromatic N) is 2. The van der Waals surface area contributed by atoms with E-state index in [0.29, 0.717) is 23.6 Å². The van der Waals surface area contributed by atoms with Gasteiger partial charge in [-0.2, -0.15) is 0 Å². The van der Waals surface area contributed by atoms with Crippen molar-refractivity contribution in [2.24, 2.45) is 5.92 Å². The molecule has 25 heavy (non-hydrogen) atoms. The molecule has 1 aliphatic carbocycles. The summed E-state index contributed by atoms with van der Waals surface area (Å²) in [5.41, 5.74) is 1.75. The fraction of sp³-hybridized carbons (Fsp3) is 0.167. The summed E-state index contributed by atoms with van der Waals surface area (Å²) in [4.78, 5) is 12.3. The Bertz CT molecular complexity index is 911. The van der Waals surface area contributed by atoms with E-state index in [1.807, 2.05) is 0 Å². The zero-order valence-corrected chi connectivity index (χ0v) is 12.9. The smallest absolute Gasteiger partial charge is 0.247 e. The van der Waals surface area contributed by atoms with E-state index in [-0.39, 0.29) is 17.7 Å². The molecule has 2 aromatic carbocycles. The molecule has 0 radical (unpaired) electrons. The summed E-state index contributed by atoms with van der Waals surface area (Å²) >= 11 is 0. The van der Waals surface area contributed by atoms with E-state index in [1.165, 1.54) is 18.5 Å². The number of aromatic nitrogens is 2. The average molecular weight is 341 g/mol. The molecule has 0 aliphatic heterocycles. The van der Waals surface area contributed by atoms with Crippen LogP contribution < -0.4 is 5.32 Å². The zero-order valence-electron chi connectivity index (χ0n) is 12.9. The maximum Gasteiger partial charge on any atom is 0.247 e. The SMILES string of the molecule is O=C(Nc1ccc(-c2nnco2)cc1)[C@@H]1C[C@@H]1c1ccc(F)cc1F. The van der Waals surface area contributed by atoms with Crippen LogP contribution in [0.3, 0.4) is 0 Å². The summed E-state index contributed by atoms with van der Waals surface area (Å²) in [5, 5.41) is 10.2. The molecule has 0 saturated heterocycles. The van der Waals surface area contributed by atoms with Crippen molar-refractivity contribution in [3.05, 3.63) is 66.1 Å². The van der Waals surface area contributed by atoms with Gasteiger partial charge in [-0.25, -0.2) is 8.78 Å². The molecule has 0 spiro atoms. The number of benzene rings is 2. The van der Waals surface area contributed by atoms with Crippen molar-refractivity contribution in [1.82, 2.24) is 10.2 Å². The van der Waals surface area contributed by atoms with Crippen LogP contribution in [0.5, 0.6) is 0 Å². The van der Waals surface area contributed by atoms with E-state index >= 15 is 0 Å². The monoisotopic (exact) mass is 341 g/mol. The summed E-state index contributed by atoms with van der Waals surface area (Å²) in [5.74, 6) is -1.53. The molecule has 1 saturated carbocycles. The molecule has 3 aromatic rings. The molecular weight excluding hydrogens is 328 g/mol. The second kappa shape index (κ2) is 6.08. The number of carbonyl (C=O) groups excluding carboxylic acids is 1. The highest BCUT2D eigenvalue weighted by molar-refractivity contribution is 5.95. The largest absolute Gasteiger partial charge is 0.423 e. The van der Waals surface area contributed by atoms with E-state index in [2.05, 4.69) is 15.5 Å². The lowest BCUT2D eigenvalue weighted by Gasteiger charge is -2.06. The Labute approximate surface area is 141 Å². The normalized spacial score (nSPS) is 18.8. The minimum atomic E-state index is -0.621. The maximum absolute atomic E-state index is 13.8. The van der Waals surface area contributed by atoms with Crippen molar-refractivity contribution >= 4 is 11.6 Å². The van der Waals surface area contributed by atoms with Gasteiger partial charge in [-0.15, -0.1) is 10.2 Å². The molecule has 126 valence electrons. The highest BCUT2D eigenvalue weighted by atomic mass is 19.1. The molecule has 1 amide bonds. The van der Waals surface area contributed by atoms with Crippen molar-refractivity contribution in [2.75, 3.05) is 5.32 Å². The van der Waals surface area contributed by atoms with Crippen LogP contribution in [0.4, 0.5) is 14.5 Å². The predicted molar refractivity (Wildman–Crippen MR) is 85.6 cm³/mol. The Balaban J connectivity index is 1.41. The van der Waals surface area contributed by atoms with Gasteiger partial charge in [-0.05, 0) is 48.2 Å². The third-order valence-electron chi connectivity index (χ3n) is 4.25. The highest BCUT2D eigenvalue weighted by Gasteiger charge is 2.45. The number of carbonyl (C=O) groups is 1. The molecule has 2 atom stereocenters. The van der Waals surface area contributed by atoms with Gasteiger partial charge in [0, 0.05) is 23.2 Å². The molecule has 0 unspecified atom stereocenters. The van der Waals surface area contributed by atoms with Crippen LogP contribution in [0.1, 0.15) is 17.9 Å². The number of halogens is 2. The van der Waals surface area contributed by atoms with E-state index in [1.54, 1.807) is 24.3 Å². The van der Waals surface area contributed by atoms with Crippen LogP contribution >= 0.6 is 0 Å². The van der Waals surface area contributed by atoms with Gasteiger partial charge in [0.05, 0.1) is 0 Å². The van der Waals surface area contributed by atoms with Crippen LogP contribution in [0, 0.1) is 17.6 Å². The van der Waals surface area contributed by atoms with Crippen LogP contribution in [-0.2, 0) is 4.79 Å². The minimum Gasteiger partial charge on any atom is -0.423 e. The van der Waals surface area contributed by atoms with Gasteiger partial charge >= 0.3 is 0 Å². The lowest BCUT2D eigenvalue weighted by Crippen LogP contribution is -2.14. The summed E-state index contributed by atoms with van der Waals surface area (Å²) < 4.78 is 31.9. The molecular formula is C18H13F2N3O2. The maximum atomic E-state index is 13.8. The van der Waals surface area contributed by atoms with Gasteiger partial charge in [-0.3, -0.25) is 4.79 Å². The Hall–Kier alpha value is -3.09. The van der Waals surface area contributed by atoms with Crippen molar-refractivity contribution in [3.8, 4) is 11.5 Å². The average Bonchev–Trinajstić information content (AvgIpc) is 3.19. The van der Waals surface area contributed by atoms with E-state index in [9.17, 15) is 13.6 Å². The van der Waals surface area contributed by atoms with Crippen molar-refractivity contribution in [1.29, 1.82) is 0 Å². The van der Waals surface area contributed by atoms with E-state index in [4.69, 9.17) is 4.42 Å². The second-order valence-electron chi connectivity index (χ2n) is 5.93. The highest BCUT2D eigenvalue weighted by Crippen LogP contribution is 2.48. The molecule has 1 fully saturated rings. The summed E-state index contributed by atoms with van der Waals surface area (Å²) in [6.07, 6.45) is 1.79. The fourth-order valence-corrected chi connectivity index (χ4v) is 2.86. The summed E-state index contributed by atoms with van der Waals surface area (Å²) in [7, 11) is 0. The van der Waals surface area contributed by atoms with Gasteiger partial charge in [-0.1, -0.05) is 6.07 Å². The number of anilines is 1. The fourth-order valence-electron chi connectivity index (χ4n) is 2.86. The Kier molecular flexibility index (Phi) is 3.76. The van der Waals surface area contributed by atoms with Crippen LogP contribution in [-0.4, -0.2) is 16.1 Å². The zero-order chi connectivity index (χ0) is 17.4. The molecule has 1 aliphatic rings. The topological polar surface area (TPSA) is 68.0 Å². The first-order chi connectivity index (χ1) is 12.1. The molecule has 0 bridgehead atoms. The molecule has 1 heterocycles. The van der Waals surface area contributed by atoms with E-state index < -0.39 is 11.6 Å². The third-order valence-corrected chi connectivity index (χ3v) is 4.25. The van der Waals surface area contributed by atoms with Gasteiger partial charge in [0.2, 0.25) is 18.2 Å². The predicted octanol–water partition coefficient (Wildman–Crippen LogP) is 3.76. The van der Waals surface area contributed by atoms with Gasteiger partial charge in [0.25, 0.3) is 0 Å². The molecule has 1 aromatic heterocycles. The Morgan fingerprint density at radius 3 is 2.64 bits per heavy atom. The van der Waals surface area contributed by atoms with Gasteiger partial charge in [0.15, 0.2) is 0 Å². The number of rotatable bonds is 4. The minimum absolute atomic E-state index is 0.181. The Morgan fingerprint density at radius 1 is 1.16 bits per heavy atom. The summed E-state index contributed by atoms with van der Waals surface area (Å²) in [6.45, 7) is 0. The molecule has 1 N–H and O–H groups in total. The lowest BCUT2D eigenvalue weighted by molar-refractivity contribution is -0.117. The van der Waals surface area contributed by atoms with Crippen molar-refractivity contribution in [2.45, 2.75) is 12.3 Å². The second-order valence-corrected chi connectivity index (χ2v) is 5.93. The molecule has 4 rings (SSSR count). The number of amides is 1. The standard InChI is InChI=1S/C18H13F2N3O2/c19-11-3-6-13(16(20)7-11)14-8-15(14)17(24)22-12-4-1-10(2-5-12)18-23-21-9-25-18/h1-7,9,14-15H,8H2,(H,22,24)/t14-,15-/m1/s1. The Morgan fingerprint density at radius 2 is 1.96 bits per heavy atom. The first kappa shape index (κ1) is 15.4.